The minimum Gasteiger partial charge on any atom is -0.493 e. The molecule has 0 spiro atoms. The Hall–Kier alpha value is -2.14. The van der Waals surface area contributed by atoms with Gasteiger partial charge in [-0.05, 0) is 30.7 Å². The fourth-order valence-corrected chi connectivity index (χ4v) is 3.79. The minimum absolute atomic E-state index is 0.556. The van der Waals surface area contributed by atoms with Gasteiger partial charge >= 0.3 is 0 Å². The van der Waals surface area contributed by atoms with Crippen LogP contribution in [0.2, 0.25) is 0 Å². The van der Waals surface area contributed by atoms with Crippen LogP contribution in [-0.2, 0) is 0 Å². The van der Waals surface area contributed by atoms with Gasteiger partial charge in [-0.1, -0.05) is 23.5 Å². The molecule has 1 fully saturated rings. The molecule has 22 heavy (non-hydrogen) atoms. The number of para-hydroxylation sites is 1. The monoisotopic (exact) mass is 311 g/mol. The van der Waals surface area contributed by atoms with Crippen LogP contribution in [0.25, 0.3) is 10.2 Å². The number of benzene rings is 1. The number of hydrogen-bond donors (Lipinski definition) is 0. The van der Waals surface area contributed by atoms with E-state index in [1.807, 2.05) is 18.2 Å². The van der Waals surface area contributed by atoms with Gasteiger partial charge in [-0.15, -0.1) is 0 Å². The number of nitrogens with zero attached hydrogens (tertiary/aromatic N) is 3. The highest BCUT2D eigenvalue weighted by atomic mass is 32.1. The lowest BCUT2D eigenvalue weighted by molar-refractivity contribution is 0.261. The summed E-state index contributed by atoms with van der Waals surface area (Å²) in [5, 5.41) is 1.13. The molecule has 5 heteroatoms. The Bertz CT molecular complexity index is 726. The smallest absolute Gasteiger partial charge is 0.186 e. The predicted molar refractivity (Wildman–Crippen MR) is 89.7 cm³/mol. The molecule has 1 saturated heterocycles. The number of fused-ring (bicyclic) bond motifs is 1. The molecule has 0 N–H and O–H groups in total. The Morgan fingerprint density at radius 1 is 1.18 bits per heavy atom. The summed E-state index contributed by atoms with van der Waals surface area (Å²) in [4.78, 5) is 11.1. The summed E-state index contributed by atoms with van der Waals surface area (Å²) in [5.41, 5.74) is 1.10. The number of aromatic nitrogens is 2. The summed E-state index contributed by atoms with van der Waals surface area (Å²) in [6.45, 7) is 2.83. The van der Waals surface area contributed by atoms with Gasteiger partial charge < -0.3 is 9.64 Å². The zero-order chi connectivity index (χ0) is 14.8. The van der Waals surface area contributed by atoms with E-state index in [2.05, 4.69) is 28.1 Å². The van der Waals surface area contributed by atoms with Crippen LogP contribution in [0.4, 0.5) is 5.13 Å². The normalized spacial score (nSPS) is 18.0. The summed E-state index contributed by atoms with van der Waals surface area (Å²) in [7, 11) is 0. The van der Waals surface area contributed by atoms with E-state index >= 15 is 0 Å². The summed E-state index contributed by atoms with van der Waals surface area (Å²) in [5.74, 6) is 1.45. The van der Waals surface area contributed by atoms with Crippen LogP contribution in [0.3, 0.4) is 0 Å². The highest BCUT2D eigenvalue weighted by Crippen LogP contribution is 2.32. The SMILES string of the molecule is c1ccc2sc(N3CCC(COc4ccncc4)C3)nc2c1. The van der Waals surface area contributed by atoms with Gasteiger partial charge in [-0.3, -0.25) is 4.98 Å². The van der Waals surface area contributed by atoms with Crippen LogP contribution in [-0.4, -0.2) is 29.7 Å². The van der Waals surface area contributed by atoms with Crippen molar-refractivity contribution in [3.8, 4) is 5.75 Å². The Morgan fingerprint density at radius 3 is 2.91 bits per heavy atom. The molecule has 3 heterocycles. The first-order valence-electron chi connectivity index (χ1n) is 7.52. The largest absolute Gasteiger partial charge is 0.493 e. The van der Waals surface area contributed by atoms with Crippen molar-refractivity contribution in [2.24, 2.45) is 5.92 Å². The highest BCUT2D eigenvalue weighted by molar-refractivity contribution is 7.22. The maximum atomic E-state index is 5.85. The molecule has 1 aromatic carbocycles. The Balaban J connectivity index is 1.39. The highest BCUT2D eigenvalue weighted by Gasteiger charge is 2.25. The molecular formula is C17H17N3OS. The fourth-order valence-electron chi connectivity index (χ4n) is 2.79. The van der Waals surface area contributed by atoms with Gasteiger partial charge in [-0.2, -0.15) is 0 Å². The molecule has 0 bridgehead atoms. The molecule has 4 nitrogen and oxygen atoms in total. The lowest BCUT2D eigenvalue weighted by atomic mass is 10.1. The zero-order valence-electron chi connectivity index (χ0n) is 12.2. The van der Waals surface area contributed by atoms with Crippen LogP contribution in [0.15, 0.2) is 48.8 Å². The van der Waals surface area contributed by atoms with Gasteiger partial charge in [0.15, 0.2) is 5.13 Å². The third kappa shape index (κ3) is 2.76. The van der Waals surface area contributed by atoms with Crippen molar-refractivity contribution in [2.45, 2.75) is 6.42 Å². The van der Waals surface area contributed by atoms with Crippen LogP contribution in [0.1, 0.15) is 6.42 Å². The summed E-state index contributed by atoms with van der Waals surface area (Å²) in [6, 6.07) is 12.1. The number of pyridine rings is 1. The van der Waals surface area contributed by atoms with Crippen molar-refractivity contribution >= 4 is 26.7 Å². The van der Waals surface area contributed by atoms with E-state index in [0.717, 1.165) is 42.5 Å². The summed E-state index contributed by atoms with van der Waals surface area (Å²) in [6.07, 6.45) is 4.68. The average Bonchev–Trinajstić information content (AvgIpc) is 3.20. The number of hydrogen-bond acceptors (Lipinski definition) is 5. The standard InChI is InChI=1S/C17H17N3OS/c1-2-4-16-15(3-1)19-17(22-16)20-10-7-13(11-20)12-21-14-5-8-18-9-6-14/h1-6,8-9,13H,7,10-12H2. The van der Waals surface area contributed by atoms with Gasteiger partial charge in [-0.25, -0.2) is 4.98 Å². The summed E-state index contributed by atoms with van der Waals surface area (Å²) < 4.78 is 7.11. The zero-order valence-corrected chi connectivity index (χ0v) is 13.0. The Morgan fingerprint density at radius 2 is 2.05 bits per heavy atom. The van der Waals surface area contributed by atoms with Gasteiger partial charge in [0.25, 0.3) is 0 Å². The molecule has 1 unspecified atom stereocenters. The molecule has 0 saturated carbocycles. The van der Waals surface area contributed by atoms with E-state index in [4.69, 9.17) is 9.72 Å². The van der Waals surface area contributed by atoms with Crippen LogP contribution in [0, 0.1) is 5.92 Å². The van der Waals surface area contributed by atoms with Crippen LogP contribution >= 0.6 is 11.3 Å². The molecular weight excluding hydrogens is 294 g/mol. The maximum Gasteiger partial charge on any atom is 0.186 e. The van der Waals surface area contributed by atoms with E-state index < -0.39 is 0 Å². The van der Waals surface area contributed by atoms with Gasteiger partial charge in [0.2, 0.25) is 0 Å². The van der Waals surface area contributed by atoms with Crippen LogP contribution in [0.5, 0.6) is 5.75 Å². The molecule has 2 aromatic heterocycles. The molecule has 4 rings (SSSR count). The van der Waals surface area contributed by atoms with E-state index in [1.54, 1.807) is 23.7 Å². The van der Waals surface area contributed by atoms with Crippen molar-refractivity contribution in [2.75, 3.05) is 24.6 Å². The number of rotatable bonds is 4. The van der Waals surface area contributed by atoms with Crippen LogP contribution < -0.4 is 9.64 Å². The van der Waals surface area contributed by atoms with Gasteiger partial charge in [0, 0.05) is 31.4 Å². The average molecular weight is 311 g/mol. The molecule has 1 atom stereocenters. The third-order valence-corrected chi connectivity index (χ3v) is 5.07. The summed E-state index contributed by atoms with van der Waals surface area (Å²) >= 11 is 1.78. The first-order chi connectivity index (χ1) is 10.9. The van der Waals surface area contributed by atoms with Gasteiger partial charge in [0.05, 0.1) is 16.8 Å². The quantitative estimate of drug-likeness (QED) is 0.738. The van der Waals surface area contributed by atoms with Crippen molar-refractivity contribution < 1.29 is 4.74 Å². The minimum atomic E-state index is 0.556. The fraction of sp³-hybridized carbons (Fsp3) is 0.294. The lowest BCUT2D eigenvalue weighted by Gasteiger charge is -2.15. The molecule has 0 amide bonds. The molecule has 0 radical (unpaired) electrons. The molecule has 1 aliphatic rings. The van der Waals surface area contributed by atoms with E-state index in [-0.39, 0.29) is 0 Å². The molecule has 3 aromatic rings. The molecule has 0 aliphatic carbocycles. The topological polar surface area (TPSA) is 38.2 Å². The number of anilines is 1. The second-order valence-electron chi connectivity index (χ2n) is 5.56. The lowest BCUT2D eigenvalue weighted by Crippen LogP contribution is -2.21. The molecule has 1 aliphatic heterocycles. The van der Waals surface area contributed by atoms with E-state index in [0.29, 0.717) is 5.92 Å². The van der Waals surface area contributed by atoms with Crippen molar-refractivity contribution in [1.82, 2.24) is 9.97 Å². The molecule has 112 valence electrons. The predicted octanol–water partition coefficient (Wildman–Crippen LogP) is 3.60. The second-order valence-corrected chi connectivity index (χ2v) is 6.57. The number of ether oxygens (including phenoxy) is 1. The van der Waals surface area contributed by atoms with E-state index in [9.17, 15) is 0 Å². The third-order valence-electron chi connectivity index (χ3n) is 3.97. The maximum absolute atomic E-state index is 5.85. The second kappa shape index (κ2) is 5.93. The van der Waals surface area contributed by atoms with Crippen molar-refractivity contribution in [1.29, 1.82) is 0 Å². The first-order valence-corrected chi connectivity index (χ1v) is 8.33. The Kier molecular flexibility index (Phi) is 3.64. The van der Waals surface area contributed by atoms with Crippen molar-refractivity contribution in [3.05, 3.63) is 48.8 Å². The Labute approximate surface area is 133 Å². The van der Waals surface area contributed by atoms with E-state index in [1.165, 1.54) is 4.70 Å². The van der Waals surface area contributed by atoms with Crippen molar-refractivity contribution in [3.63, 3.8) is 0 Å². The first kappa shape index (κ1) is 13.5. The van der Waals surface area contributed by atoms with Gasteiger partial charge in [0.1, 0.15) is 5.75 Å². The number of thiazole rings is 1.